The summed E-state index contributed by atoms with van der Waals surface area (Å²) in [6, 6.07) is 0. The van der Waals surface area contributed by atoms with Crippen molar-refractivity contribution in [2.45, 2.75) is 25.4 Å². The quantitative estimate of drug-likeness (QED) is 0.571. The Bertz CT molecular complexity index is 205. The van der Waals surface area contributed by atoms with Crippen LogP contribution in [0.1, 0.15) is 19.3 Å². The maximum absolute atomic E-state index is 11.3. The molecule has 5 heteroatoms. The van der Waals surface area contributed by atoms with Gasteiger partial charge < -0.3 is 20.5 Å². The first-order valence-electron chi connectivity index (χ1n) is 5.83. The Hall–Kier alpha value is -0.650. The molecule has 94 valence electrons. The highest BCUT2D eigenvalue weighted by Gasteiger charge is 2.28. The topological polar surface area (TPSA) is 73.6 Å². The second-order valence-electron chi connectivity index (χ2n) is 4.20. The van der Waals surface area contributed by atoms with Crippen molar-refractivity contribution >= 4 is 5.91 Å². The second-order valence-corrected chi connectivity index (χ2v) is 4.20. The lowest BCUT2D eigenvalue weighted by Crippen LogP contribution is -2.38. The molecule has 0 atom stereocenters. The van der Waals surface area contributed by atoms with E-state index in [1.807, 2.05) is 0 Å². The van der Waals surface area contributed by atoms with Gasteiger partial charge in [0.05, 0.1) is 6.10 Å². The van der Waals surface area contributed by atoms with Gasteiger partial charge in [-0.15, -0.1) is 0 Å². The van der Waals surface area contributed by atoms with Gasteiger partial charge in [-0.05, 0) is 31.7 Å². The number of carbonyl (C=O) groups excluding carboxylic acids is 1. The van der Waals surface area contributed by atoms with Crippen molar-refractivity contribution < 1.29 is 14.3 Å². The first-order valence-corrected chi connectivity index (χ1v) is 5.83. The summed E-state index contributed by atoms with van der Waals surface area (Å²) in [5.41, 5.74) is 5.50. The molecule has 0 spiro atoms. The van der Waals surface area contributed by atoms with Crippen molar-refractivity contribution in [3.63, 3.8) is 0 Å². The predicted octanol–water partition coefficient (Wildman–Crippen LogP) is -0.107. The number of nitrogens with two attached hydrogens (primary N) is 1. The molecule has 1 aliphatic rings. The average Bonchev–Trinajstić information content (AvgIpc) is 2.22. The third-order valence-electron chi connectivity index (χ3n) is 2.82. The van der Waals surface area contributed by atoms with E-state index in [1.165, 1.54) is 0 Å². The van der Waals surface area contributed by atoms with E-state index < -0.39 is 0 Å². The highest BCUT2D eigenvalue weighted by molar-refractivity contribution is 5.77. The molecule has 1 rings (SSSR count). The van der Waals surface area contributed by atoms with Crippen molar-refractivity contribution in [1.29, 1.82) is 0 Å². The van der Waals surface area contributed by atoms with Gasteiger partial charge in [0.2, 0.25) is 5.91 Å². The SMILES string of the molecule is COCCCNC(=O)COC1CC(CN)C1. The molecule has 1 amide bonds. The normalized spacial score (nSPS) is 23.9. The van der Waals surface area contributed by atoms with Crippen LogP contribution in [0.25, 0.3) is 0 Å². The van der Waals surface area contributed by atoms with Crippen LogP contribution in [0.15, 0.2) is 0 Å². The number of ether oxygens (including phenoxy) is 2. The molecule has 0 bridgehead atoms. The number of rotatable bonds is 8. The van der Waals surface area contributed by atoms with E-state index in [2.05, 4.69) is 5.32 Å². The first kappa shape index (κ1) is 13.4. The molecule has 16 heavy (non-hydrogen) atoms. The van der Waals surface area contributed by atoms with Crippen LogP contribution in [0.5, 0.6) is 0 Å². The van der Waals surface area contributed by atoms with Gasteiger partial charge >= 0.3 is 0 Å². The largest absolute Gasteiger partial charge is 0.385 e. The van der Waals surface area contributed by atoms with Gasteiger partial charge in [0, 0.05) is 20.3 Å². The van der Waals surface area contributed by atoms with Crippen molar-refractivity contribution in [1.82, 2.24) is 5.32 Å². The smallest absolute Gasteiger partial charge is 0.246 e. The lowest BCUT2D eigenvalue weighted by atomic mass is 9.82. The Kier molecular flexibility index (Phi) is 6.37. The molecule has 1 aliphatic carbocycles. The van der Waals surface area contributed by atoms with Crippen molar-refractivity contribution in [3.8, 4) is 0 Å². The summed E-state index contributed by atoms with van der Waals surface area (Å²) in [4.78, 5) is 11.3. The summed E-state index contributed by atoms with van der Waals surface area (Å²) in [5, 5.41) is 2.78. The Morgan fingerprint density at radius 1 is 1.50 bits per heavy atom. The fraction of sp³-hybridized carbons (Fsp3) is 0.909. The number of carbonyl (C=O) groups is 1. The lowest BCUT2D eigenvalue weighted by molar-refractivity contribution is -0.130. The maximum Gasteiger partial charge on any atom is 0.246 e. The number of hydrogen-bond donors (Lipinski definition) is 2. The lowest BCUT2D eigenvalue weighted by Gasteiger charge is -2.33. The zero-order valence-electron chi connectivity index (χ0n) is 9.91. The summed E-state index contributed by atoms with van der Waals surface area (Å²) in [7, 11) is 1.65. The number of hydrogen-bond acceptors (Lipinski definition) is 4. The van der Waals surface area contributed by atoms with Crippen LogP contribution in [0.2, 0.25) is 0 Å². The first-order chi connectivity index (χ1) is 7.76. The second kappa shape index (κ2) is 7.60. The molecular weight excluding hydrogens is 208 g/mol. The molecular formula is C11H22N2O3. The van der Waals surface area contributed by atoms with Crippen molar-refractivity contribution in [3.05, 3.63) is 0 Å². The minimum absolute atomic E-state index is 0.0488. The van der Waals surface area contributed by atoms with Gasteiger partial charge in [-0.2, -0.15) is 0 Å². The third kappa shape index (κ3) is 4.92. The van der Waals surface area contributed by atoms with E-state index in [9.17, 15) is 4.79 Å². The molecule has 0 aromatic heterocycles. The number of amides is 1. The van der Waals surface area contributed by atoms with Gasteiger partial charge in [0.1, 0.15) is 6.61 Å². The third-order valence-corrected chi connectivity index (χ3v) is 2.82. The fourth-order valence-corrected chi connectivity index (χ4v) is 1.69. The van der Waals surface area contributed by atoms with E-state index in [4.69, 9.17) is 15.2 Å². The van der Waals surface area contributed by atoms with Crippen LogP contribution in [-0.4, -0.2) is 45.4 Å². The monoisotopic (exact) mass is 230 g/mol. The van der Waals surface area contributed by atoms with Crippen LogP contribution in [0, 0.1) is 5.92 Å². The van der Waals surface area contributed by atoms with Gasteiger partial charge in [-0.3, -0.25) is 4.79 Å². The predicted molar refractivity (Wildman–Crippen MR) is 61.0 cm³/mol. The van der Waals surface area contributed by atoms with Gasteiger partial charge in [-0.25, -0.2) is 0 Å². The summed E-state index contributed by atoms with van der Waals surface area (Å²) in [5.74, 6) is 0.544. The highest BCUT2D eigenvalue weighted by atomic mass is 16.5. The van der Waals surface area contributed by atoms with E-state index in [0.29, 0.717) is 19.1 Å². The summed E-state index contributed by atoms with van der Waals surface area (Å²) < 4.78 is 10.3. The van der Waals surface area contributed by atoms with Crippen LogP contribution in [-0.2, 0) is 14.3 Å². The average molecular weight is 230 g/mol. The van der Waals surface area contributed by atoms with E-state index >= 15 is 0 Å². The Labute approximate surface area is 96.7 Å². The molecule has 0 aromatic rings. The molecule has 1 saturated carbocycles. The molecule has 3 N–H and O–H groups in total. The summed E-state index contributed by atoms with van der Waals surface area (Å²) in [6.07, 6.45) is 3.06. The zero-order valence-corrected chi connectivity index (χ0v) is 9.91. The number of methoxy groups -OCH3 is 1. The molecule has 0 radical (unpaired) electrons. The Balaban J connectivity index is 1.91. The molecule has 0 unspecified atom stereocenters. The van der Waals surface area contributed by atoms with Crippen LogP contribution in [0.4, 0.5) is 0 Å². The van der Waals surface area contributed by atoms with E-state index in [1.54, 1.807) is 7.11 Å². The molecule has 0 aromatic carbocycles. The van der Waals surface area contributed by atoms with Crippen LogP contribution < -0.4 is 11.1 Å². The maximum atomic E-state index is 11.3. The number of nitrogens with one attached hydrogen (secondary N) is 1. The minimum atomic E-state index is -0.0488. The van der Waals surface area contributed by atoms with Crippen molar-refractivity contribution in [2.24, 2.45) is 11.7 Å². The standard InChI is InChI=1S/C11H22N2O3/c1-15-4-2-3-13-11(14)8-16-10-5-9(6-10)7-12/h9-10H,2-8,12H2,1H3,(H,13,14). The van der Waals surface area contributed by atoms with Gasteiger partial charge in [-0.1, -0.05) is 0 Å². The Morgan fingerprint density at radius 3 is 2.88 bits per heavy atom. The molecule has 0 heterocycles. The van der Waals surface area contributed by atoms with Gasteiger partial charge in [0.15, 0.2) is 0 Å². The molecule has 0 saturated heterocycles. The highest BCUT2D eigenvalue weighted by Crippen LogP contribution is 2.28. The zero-order chi connectivity index (χ0) is 11.8. The summed E-state index contributed by atoms with van der Waals surface area (Å²) in [6.45, 7) is 2.20. The summed E-state index contributed by atoms with van der Waals surface area (Å²) >= 11 is 0. The molecule has 5 nitrogen and oxygen atoms in total. The van der Waals surface area contributed by atoms with E-state index in [0.717, 1.165) is 25.8 Å². The van der Waals surface area contributed by atoms with Crippen LogP contribution in [0.3, 0.4) is 0 Å². The fourth-order valence-electron chi connectivity index (χ4n) is 1.69. The van der Waals surface area contributed by atoms with Gasteiger partial charge in [0.25, 0.3) is 0 Å². The van der Waals surface area contributed by atoms with E-state index in [-0.39, 0.29) is 18.6 Å². The Morgan fingerprint density at radius 2 is 2.25 bits per heavy atom. The molecule has 1 fully saturated rings. The van der Waals surface area contributed by atoms with Crippen LogP contribution >= 0.6 is 0 Å². The van der Waals surface area contributed by atoms with Crippen molar-refractivity contribution in [2.75, 3.05) is 33.4 Å². The molecule has 0 aliphatic heterocycles. The minimum Gasteiger partial charge on any atom is -0.385 e.